The van der Waals surface area contributed by atoms with Crippen molar-refractivity contribution in [1.82, 2.24) is 39.9 Å². The van der Waals surface area contributed by atoms with Crippen LogP contribution in [0.4, 0.5) is 0 Å². The minimum atomic E-state index is 0.732. The molecule has 0 unspecified atom stereocenters. The second kappa shape index (κ2) is 25.3. The highest BCUT2D eigenvalue weighted by atomic mass is 14.8. The number of hydrogen-bond donors (Lipinski definition) is 4. The highest BCUT2D eigenvalue weighted by Crippen LogP contribution is 2.43. The Bertz CT molecular complexity index is 5830. The maximum atomic E-state index is 5.63. The minimum absolute atomic E-state index is 0.732. The lowest BCUT2D eigenvalue weighted by Gasteiger charge is -2.07. The van der Waals surface area contributed by atoms with E-state index in [0.717, 1.165) is 190 Å². The molecule has 10 heterocycles. The predicted octanol–water partition coefficient (Wildman–Crippen LogP) is 22.4. The monoisotopic (exact) mass is 1270 g/mol. The molecule has 0 aliphatic carbocycles. The third-order valence-corrected chi connectivity index (χ3v) is 18.7. The molecule has 0 saturated carbocycles. The van der Waals surface area contributed by atoms with Crippen LogP contribution in [0.1, 0.15) is 56.7 Å². The summed E-state index contributed by atoms with van der Waals surface area (Å²) in [6, 6.07) is 96.8. The molecular weight excluding hydrogens is 1220 g/mol. The van der Waals surface area contributed by atoms with Crippen LogP contribution >= 0.6 is 0 Å². The SMILES string of the molecule is C(C#Cc1cc2[nH]c1c(-c1ccccc1)c1nc(c(-c3ccccc3)c3ccc([nH]3)c(-c3ccccc3)c3nc(c2-c2ccccc2)C=C3)C=C1)#Cc1cc2[nH]c1c(-c1ccccc1)c1nc(c(-c3ccccc3)c3ccc([nH]3)c(-c3ccccc3)c3nc(c2-c2ccccc2)C=C3)C=C1. The Morgan fingerprint density at radius 3 is 0.600 bits per heavy atom. The van der Waals surface area contributed by atoms with E-state index in [9.17, 15) is 0 Å². The van der Waals surface area contributed by atoms with E-state index in [4.69, 9.17) is 19.9 Å². The van der Waals surface area contributed by atoms with E-state index in [0.29, 0.717) is 0 Å². The van der Waals surface area contributed by atoms with Gasteiger partial charge in [-0.2, -0.15) is 0 Å². The Morgan fingerprint density at radius 1 is 0.190 bits per heavy atom. The molecule has 14 aromatic rings. The standard InChI is InChI=1S/C92H58N8/c1-9-27-59(28-10-1)83-69-45-47-71(93-69)85(61-31-13-3-14-32-61)75-53-55-79(97-75)89(65-39-21-7-22-40-65)91-67(57-81(99-91)87(63-35-17-5-18-36-63)77-51-49-73(83)95-77)43-25-26-44-68-58-82-88(64-37-19-6-20-38-64)78-52-50-74(96-78)84(60-29-11-2-12-30-60)70-46-48-72(94-70)86(62-33-15-4-16-34-62)76-54-56-80(98-76)90(92(68)100-82)66-41-23-8-24-42-66/h1-24,27-42,45-58,93-94,99-100H. The summed E-state index contributed by atoms with van der Waals surface area (Å²) in [7, 11) is 0. The second-order valence-electron chi connectivity index (χ2n) is 24.8. The van der Waals surface area contributed by atoms with Crippen LogP contribution in [0.25, 0.3) is 182 Å². The third kappa shape index (κ3) is 10.9. The summed E-state index contributed by atoms with van der Waals surface area (Å²) >= 11 is 0. The number of hydrogen-bond acceptors (Lipinski definition) is 4. The van der Waals surface area contributed by atoms with Gasteiger partial charge in [0.1, 0.15) is 0 Å². The van der Waals surface area contributed by atoms with Crippen molar-refractivity contribution in [2.75, 3.05) is 0 Å². The molecule has 4 N–H and O–H groups in total. The lowest BCUT2D eigenvalue weighted by molar-refractivity contribution is 1.31. The molecule has 18 rings (SSSR count). The van der Waals surface area contributed by atoms with E-state index in [2.05, 4.69) is 323 Å². The van der Waals surface area contributed by atoms with Crippen LogP contribution in [0.3, 0.4) is 0 Å². The maximum Gasteiger partial charge on any atom is 0.0737 e. The average molecular weight is 1280 g/mol. The quantitative estimate of drug-likeness (QED) is 0.113. The molecule has 0 saturated heterocycles. The van der Waals surface area contributed by atoms with E-state index in [-0.39, 0.29) is 0 Å². The number of H-pyrrole nitrogens is 4. The Kier molecular flexibility index (Phi) is 14.9. The van der Waals surface area contributed by atoms with Crippen molar-refractivity contribution >= 4 is 92.7 Å². The molecule has 0 amide bonds. The topological polar surface area (TPSA) is 115 Å². The zero-order valence-corrected chi connectivity index (χ0v) is 54.0. The summed E-state index contributed by atoms with van der Waals surface area (Å²) in [4.78, 5) is 38.2. The lowest BCUT2D eigenvalue weighted by Crippen LogP contribution is -1.90. The van der Waals surface area contributed by atoms with Crippen molar-refractivity contribution in [2.45, 2.75) is 0 Å². The molecule has 0 radical (unpaired) electrons. The molecule has 4 aliphatic rings. The van der Waals surface area contributed by atoms with Crippen LogP contribution < -0.4 is 0 Å². The number of aromatic nitrogens is 8. The molecule has 0 fully saturated rings. The zero-order chi connectivity index (χ0) is 66.3. The number of nitrogens with one attached hydrogen (secondary N) is 4. The highest BCUT2D eigenvalue weighted by Gasteiger charge is 2.24. The molecule has 6 aromatic heterocycles. The van der Waals surface area contributed by atoms with Gasteiger partial charge in [-0.15, -0.1) is 0 Å². The number of nitrogens with zero attached hydrogens (tertiary/aromatic N) is 4. The summed E-state index contributed by atoms with van der Waals surface area (Å²) in [5.74, 6) is 14.2. The molecule has 466 valence electrons. The van der Waals surface area contributed by atoms with Crippen LogP contribution in [-0.4, -0.2) is 39.9 Å². The molecule has 100 heavy (non-hydrogen) atoms. The molecule has 8 nitrogen and oxygen atoms in total. The van der Waals surface area contributed by atoms with Gasteiger partial charge in [0.05, 0.1) is 67.7 Å². The lowest BCUT2D eigenvalue weighted by atomic mass is 10.0. The fraction of sp³-hybridized carbons (Fsp3) is 0. The van der Waals surface area contributed by atoms with Crippen LogP contribution in [-0.2, 0) is 0 Å². The predicted molar refractivity (Wildman–Crippen MR) is 415 cm³/mol. The Morgan fingerprint density at radius 2 is 0.380 bits per heavy atom. The van der Waals surface area contributed by atoms with E-state index in [1.165, 1.54) is 0 Å². The number of rotatable bonds is 8. The Balaban J connectivity index is 0.935. The van der Waals surface area contributed by atoms with Crippen LogP contribution in [0.15, 0.2) is 279 Å². The largest absolute Gasteiger partial charge is 0.354 e. The smallest absolute Gasteiger partial charge is 0.0737 e. The summed E-state index contributed by atoms with van der Waals surface area (Å²) < 4.78 is 0. The fourth-order valence-electron chi connectivity index (χ4n) is 14.2. The summed E-state index contributed by atoms with van der Waals surface area (Å²) in [6.45, 7) is 0. The van der Waals surface area contributed by atoms with Crippen molar-refractivity contribution in [3.63, 3.8) is 0 Å². The van der Waals surface area contributed by atoms with Gasteiger partial charge in [0, 0.05) is 77.6 Å². The van der Waals surface area contributed by atoms with Gasteiger partial charge in [0.15, 0.2) is 0 Å². The maximum absolute atomic E-state index is 5.63. The first-order valence-corrected chi connectivity index (χ1v) is 33.4. The molecule has 16 bridgehead atoms. The number of fused-ring (bicyclic) bond motifs is 16. The van der Waals surface area contributed by atoms with Crippen molar-refractivity contribution in [3.8, 4) is 113 Å². The van der Waals surface area contributed by atoms with E-state index < -0.39 is 0 Å². The van der Waals surface area contributed by atoms with E-state index >= 15 is 0 Å². The summed E-state index contributed by atoms with van der Waals surface area (Å²) in [6.07, 6.45) is 17.0. The first-order chi connectivity index (χ1) is 49.6. The van der Waals surface area contributed by atoms with E-state index in [1.807, 2.05) is 48.5 Å². The molecule has 0 spiro atoms. The normalized spacial score (nSPS) is 11.9. The van der Waals surface area contributed by atoms with E-state index in [1.54, 1.807) is 0 Å². The van der Waals surface area contributed by atoms with Crippen molar-refractivity contribution < 1.29 is 0 Å². The zero-order valence-electron chi connectivity index (χ0n) is 54.0. The van der Waals surface area contributed by atoms with Gasteiger partial charge in [0.2, 0.25) is 0 Å². The van der Waals surface area contributed by atoms with Gasteiger partial charge < -0.3 is 19.9 Å². The molecule has 8 aromatic carbocycles. The van der Waals surface area contributed by atoms with Crippen LogP contribution in [0.2, 0.25) is 0 Å². The average Bonchev–Trinajstić information content (AvgIpc) is 1.61. The van der Waals surface area contributed by atoms with Crippen molar-refractivity contribution in [2.24, 2.45) is 0 Å². The van der Waals surface area contributed by atoms with Crippen molar-refractivity contribution in [3.05, 3.63) is 336 Å². The summed E-state index contributed by atoms with van der Waals surface area (Å²) in [5, 5.41) is 0. The van der Waals surface area contributed by atoms with Crippen LogP contribution in [0.5, 0.6) is 0 Å². The molecule has 4 aliphatic heterocycles. The highest BCUT2D eigenvalue weighted by molar-refractivity contribution is 6.04. The first kappa shape index (κ1) is 58.6. The minimum Gasteiger partial charge on any atom is -0.354 e. The first-order valence-electron chi connectivity index (χ1n) is 33.4. The fourth-order valence-corrected chi connectivity index (χ4v) is 14.2. The Hall–Kier alpha value is -13.9. The van der Waals surface area contributed by atoms with Crippen LogP contribution in [0, 0.1) is 23.7 Å². The van der Waals surface area contributed by atoms with Gasteiger partial charge in [-0.25, -0.2) is 19.9 Å². The third-order valence-electron chi connectivity index (χ3n) is 18.7. The van der Waals surface area contributed by atoms with Gasteiger partial charge >= 0.3 is 0 Å². The number of aromatic amines is 4. The molecular formula is C92H58N8. The molecule has 0 atom stereocenters. The number of benzene rings is 8. The summed E-state index contributed by atoms with van der Waals surface area (Å²) in [5.41, 5.74) is 30.4. The van der Waals surface area contributed by atoms with Crippen molar-refractivity contribution in [1.29, 1.82) is 0 Å². The second-order valence-corrected chi connectivity index (χ2v) is 24.8. The molecule has 8 heteroatoms. The van der Waals surface area contributed by atoms with Gasteiger partial charge in [0.25, 0.3) is 0 Å². The van der Waals surface area contributed by atoms with Gasteiger partial charge in [-0.1, -0.05) is 254 Å². The van der Waals surface area contributed by atoms with Gasteiger partial charge in [-0.05, 0) is 141 Å². The Labute approximate surface area is 577 Å². The van der Waals surface area contributed by atoms with Gasteiger partial charge in [-0.3, -0.25) is 0 Å².